The number of carbonyl (C=O) groups is 4. The summed E-state index contributed by atoms with van der Waals surface area (Å²) in [6, 6.07) is 11.8. The molecule has 2 N–H and O–H groups in total. The molecule has 0 aromatic heterocycles. The Morgan fingerprint density at radius 2 is 1.10 bits per heavy atom. The summed E-state index contributed by atoms with van der Waals surface area (Å²) in [5, 5.41) is 18.5. The Bertz CT molecular complexity index is 1100. The van der Waals surface area contributed by atoms with E-state index in [0.717, 1.165) is 22.3 Å². The van der Waals surface area contributed by atoms with Crippen LogP contribution in [-0.4, -0.2) is 34.1 Å². The summed E-state index contributed by atoms with van der Waals surface area (Å²) in [6.45, 7) is 16.5. The van der Waals surface area contributed by atoms with Crippen LogP contribution in [0, 0.1) is 0 Å². The van der Waals surface area contributed by atoms with E-state index < -0.39 is 23.9 Å². The number of phenolic OH excluding ortho intramolecular Hbond substituents is 1. The number of carboxylic acid groups (broad SMARTS) is 1. The normalized spacial score (nSPS) is 12.6. The first-order valence-electron chi connectivity index (χ1n) is 13.8. The first-order chi connectivity index (χ1) is 18.6. The first kappa shape index (κ1) is 34.3. The van der Waals surface area contributed by atoms with Crippen LogP contribution in [0.5, 0.6) is 11.5 Å². The smallest absolute Gasteiger partial charge is 0.314 e. The second kappa shape index (κ2) is 16.4. The van der Waals surface area contributed by atoms with Crippen molar-refractivity contribution in [2.45, 2.75) is 105 Å². The number of benzene rings is 2. The summed E-state index contributed by atoms with van der Waals surface area (Å²) in [6.07, 6.45) is 0.205. The van der Waals surface area contributed by atoms with Crippen LogP contribution >= 0.6 is 0 Å². The summed E-state index contributed by atoms with van der Waals surface area (Å²) >= 11 is 0. The summed E-state index contributed by atoms with van der Waals surface area (Å²) in [5.41, 5.74) is 4.04. The molecule has 1 aliphatic heterocycles. The molecule has 8 heteroatoms. The number of aromatic hydroxyl groups is 1. The first-order valence-corrected chi connectivity index (χ1v) is 13.8. The molecule has 0 radical (unpaired) electrons. The second-order valence-corrected chi connectivity index (χ2v) is 10.9. The van der Waals surface area contributed by atoms with Crippen molar-refractivity contribution in [1.29, 1.82) is 0 Å². The van der Waals surface area contributed by atoms with Gasteiger partial charge in [-0.1, -0.05) is 91.8 Å². The zero-order valence-corrected chi connectivity index (χ0v) is 24.9. The Hall–Kier alpha value is -3.68. The topological polar surface area (TPSA) is 127 Å². The second-order valence-electron chi connectivity index (χ2n) is 10.9. The van der Waals surface area contributed by atoms with Crippen molar-refractivity contribution in [3.63, 3.8) is 0 Å². The predicted molar refractivity (Wildman–Crippen MR) is 154 cm³/mol. The summed E-state index contributed by atoms with van der Waals surface area (Å²) in [5.74, 6) is 0.0188. The Labute approximate surface area is 237 Å². The van der Waals surface area contributed by atoms with E-state index in [0.29, 0.717) is 23.3 Å². The molecule has 2 aromatic carbocycles. The zero-order valence-electron chi connectivity index (χ0n) is 24.9. The Morgan fingerprint density at radius 1 is 0.725 bits per heavy atom. The highest BCUT2D eigenvalue weighted by Gasteiger charge is 2.20. The van der Waals surface area contributed by atoms with E-state index in [4.69, 9.17) is 9.84 Å². The number of phenols is 1. The fourth-order valence-electron chi connectivity index (χ4n) is 3.92. The number of carbonyl (C=O) groups excluding carboxylic acids is 3. The van der Waals surface area contributed by atoms with Gasteiger partial charge in [0.15, 0.2) is 0 Å². The number of aliphatic carboxylic acids is 1. The number of esters is 3. The van der Waals surface area contributed by atoms with Gasteiger partial charge in [0.25, 0.3) is 0 Å². The molecule has 1 aliphatic rings. The largest absolute Gasteiger partial charge is 0.507 e. The van der Waals surface area contributed by atoms with Gasteiger partial charge in [-0.15, -0.1) is 0 Å². The van der Waals surface area contributed by atoms with Gasteiger partial charge in [-0.2, -0.15) is 0 Å². The fourth-order valence-corrected chi connectivity index (χ4v) is 3.92. The van der Waals surface area contributed by atoms with Gasteiger partial charge in [-0.25, -0.2) is 0 Å². The number of rotatable bonds is 8. The van der Waals surface area contributed by atoms with Crippen molar-refractivity contribution in [3.8, 4) is 11.5 Å². The molecule has 0 saturated carbocycles. The highest BCUT2D eigenvalue weighted by molar-refractivity contribution is 5.92. The van der Waals surface area contributed by atoms with Gasteiger partial charge < -0.3 is 19.7 Å². The molecule has 1 fully saturated rings. The van der Waals surface area contributed by atoms with E-state index in [-0.39, 0.29) is 37.5 Å². The molecule has 8 nitrogen and oxygen atoms in total. The van der Waals surface area contributed by atoms with Crippen LogP contribution in [0.2, 0.25) is 0 Å². The number of carboxylic acids is 1. The average Bonchev–Trinajstić information content (AvgIpc) is 3.25. The van der Waals surface area contributed by atoms with Crippen LogP contribution < -0.4 is 4.74 Å². The van der Waals surface area contributed by atoms with Crippen LogP contribution in [0.3, 0.4) is 0 Å². The molecule has 0 aliphatic carbocycles. The number of hydrogen-bond acceptors (Lipinski definition) is 7. The molecule has 3 rings (SSSR count). The third kappa shape index (κ3) is 11.2. The lowest BCUT2D eigenvalue weighted by Gasteiger charge is -2.18. The van der Waals surface area contributed by atoms with Crippen LogP contribution in [0.15, 0.2) is 36.4 Å². The fraction of sp³-hybridized carbons (Fsp3) is 0.500. The van der Waals surface area contributed by atoms with Crippen LogP contribution in [-0.2, 0) is 23.9 Å². The molecule has 0 spiro atoms. The van der Waals surface area contributed by atoms with Crippen molar-refractivity contribution < 1.29 is 38.9 Å². The van der Waals surface area contributed by atoms with E-state index in [1.807, 2.05) is 64.1 Å². The lowest BCUT2D eigenvalue weighted by atomic mass is 9.94. The van der Waals surface area contributed by atoms with Gasteiger partial charge in [0.1, 0.15) is 11.5 Å². The van der Waals surface area contributed by atoms with E-state index in [9.17, 15) is 24.3 Å². The summed E-state index contributed by atoms with van der Waals surface area (Å²) in [7, 11) is 0. The lowest BCUT2D eigenvalue weighted by molar-refractivity contribution is -0.152. The summed E-state index contributed by atoms with van der Waals surface area (Å²) in [4.78, 5) is 42.3. The SMILES string of the molecule is CC(C)c1cccc(C(C)C)c1O.CC(C)c1cccc(C(C)C)c1OC(=O)CCC(=O)O.O=C1CCC(=O)O1. The summed E-state index contributed by atoms with van der Waals surface area (Å²) < 4.78 is 9.53. The van der Waals surface area contributed by atoms with E-state index in [1.165, 1.54) is 0 Å². The zero-order chi connectivity index (χ0) is 30.6. The minimum atomic E-state index is -0.997. The van der Waals surface area contributed by atoms with Crippen molar-refractivity contribution >= 4 is 23.9 Å². The third-order valence-electron chi connectivity index (χ3n) is 6.18. The Balaban J connectivity index is 0.000000339. The molecular weight excluding hydrogens is 512 g/mol. The average molecular weight is 557 g/mol. The van der Waals surface area contributed by atoms with Gasteiger partial charge in [-0.05, 0) is 45.9 Å². The van der Waals surface area contributed by atoms with Crippen molar-refractivity contribution in [2.24, 2.45) is 0 Å². The minimum Gasteiger partial charge on any atom is -0.507 e. The minimum absolute atomic E-state index is 0.112. The van der Waals surface area contributed by atoms with E-state index in [2.05, 4.69) is 32.4 Å². The molecule has 2 aromatic rings. The lowest BCUT2D eigenvalue weighted by Crippen LogP contribution is -2.13. The highest BCUT2D eigenvalue weighted by Crippen LogP contribution is 2.35. The third-order valence-corrected chi connectivity index (χ3v) is 6.18. The van der Waals surface area contributed by atoms with Crippen molar-refractivity contribution in [3.05, 3.63) is 58.7 Å². The molecule has 0 unspecified atom stereocenters. The maximum Gasteiger partial charge on any atom is 0.314 e. The molecule has 0 bridgehead atoms. The Kier molecular flexibility index (Phi) is 14.1. The van der Waals surface area contributed by atoms with Gasteiger partial charge in [0.05, 0.1) is 25.7 Å². The van der Waals surface area contributed by atoms with Crippen molar-refractivity contribution in [2.75, 3.05) is 0 Å². The molecule has 1 saturated heterocycles. The Morgan fingerprint density at radius 3 is 1.40 bits per heavy atom. The number of hydrogen-bond donors (Lipinski definition) is 2. The molecule has 1 heterocycles. The molecule has 40 heavy (non-hydrogen) atoms. The quantitative estimate of drug-likeness (QED) is 0.199. The number of para-hydroxylation sites is 2. The van der Waals surface area contributed by atoms with E-state index in [1.54, 1.807) is 0 Å². The van der Waals surface area contributed by atoms with Crippen molar-refractivity contribution in [1.82, 2.24) is 0 Å². The number of ether oxygens (including phenoxy) is 2. The number of cyclic esters (lactones) is 2. The molecule has 220 valence electrons. The van der Waals surface area contributed by atoms with Gasteiger partial charge in [0.2, 0.25) is 0 Å². The van der Waals surface area contributed by atoms with Gasteiger partial charge >= 0.3 is 23.9 Å². The maximum absolute atomic E-state index is 11.8. The maximum atomic E-state index is 11.8. The van der Waals surface area contributed by atoms with Crippen LogP contribution in [0.4, 0.5) is 0 Å². The van der Waals surface area contributed by atoms with Gasteiger partial charge in [0, 0.05) is 0 Å². The monoisotopic (exact) mass is 556 g/mol. The standard InChI is InChI=1S/C16H22O4.C12H18O.C4H4O3/c1-10(2)12-6-5-7-13(11(3)4)16(12)20-15(19)9-8-14(17)18;1-8(2)10-6-5-7-11(9(3)4)12(10)13;5-3-1-2-4(6)7-3/h5-7,10-11H,8-9H2,1-4H3,(H,17,18);5-9,13H,1-4H3;1-2H2. The van der Waals surface area contributed by atoms with Crippen LogP contribution in [0.1, 0.15) is 127 Å². The molecule has 0 amide bonds. The molecular formula is C32H44O8. The van der Waals surface area contributed by atoms with E-state index >= 15 is 0 Å². The highest BCUT2D eigenvalue weighted by atomic mass is 16.6. The van der Waals surface area contributed by atoms with Crippen LogP contribution in [0.25, 0.3) is 0 Å². The molecule has 0 atom stereocenters. The predicted octanol–water partition coefficient (Wildman–Crippen LogP) is 7.19. The van der Waals surface area contributed by atoms with Gasteiger partial charge in [-0.3, -0.25) is 19.2 Å².